The van der Waals surface area contributed by atoms with Crippen LogP contribution in [0, 0.1) is 5.92 Å². The lowest BCUT2D eigenvalue weighted by Gasteiger charge is -2.30. The molecule has 82 valence electrons. The highest BCUT2D eigenvalue weighted by molar-refractivity contribution is 9.10. The molecule has 2 heterocycles. The average molecular weight is 269 g/mol. The molecule has 0 aliphatic carbocycles. The second kappa shape index (κ2) is 5.08. The summed E-state index contributed by atoms with van der Waals surface area (Å²) in [5, 5.41) is 0. The van der Waals surface area contributed by atoms with E-state index in [1.807, 2.05) is 6.07 Å². The van der Waals surface area contributed by atoms with E-state index in [0.717, 1.165) is 17.1 Å². The van der Waals surface area contributed by atoms with Crippen LogP contribution in [0.5, 0.6) is 0 Å². The number of rotatable bonds is 2. The lowest BCUT2D eigenvalue weighted by atomic mass is 10.0. The molecule has 15 heavy (non-hydrogen) atoms. The van der Waals surface area contributed by atoms with Gasteiger partial charge in [-0.2, -0.15) is 0 Å². The first-order chi connectivity index (χ1) is 7.24. The van der Waals surface area contributed by atoms with Crippen LogP contribution < -0.4 is 0 Å². The zero-order chi connectivity index (χ0) is 10.7. The Hall–Kier alpha value is -0.410. The molecule has 0 radical (unpaired) electrons. The van der Waals surface area contributed by atoms with Gasteiger partial charge in [0.15, 0.2) is 0 Å². The third-order valence-corrected chi connectivity index (χ3v) is 3.34. The summed E-state index contributed by atoms with van der Waals surface area (Å²) >= 11 is 3.41. The van der Waals surface area contributed by atoms with Gasteiger partial charge in [0.25, 0.3) is 0 Å². The Balaban J connectivity index is 1.96. The fourth-order valence-electron chi connectivity index (χ4n) is 2.20. The predicted octanol–water partition coefficient (Wildman–Crippen LogP) is 3.08. The number of piperidine rings is 1. The molecule has 1 aliphatic heterocycles. The van der Waals surface area contributed by atoms with E-state index in [9.17, 15) is 0 Å². The maximum Gasteiger partial charge on any atom is 0.106 e. The van der Waals surface area contributed by atoms with Crippen LogP contribution in [0.2, 0.25) is 0 Å². The van der Waals surface area contributed by atoms with Gasteiger partial charge in [-0.05, 0) is 53.4 Å². The monoisotopic (exact) mass is 268 g/mol. The smallest absolute Gasteiger partial charge is 0.106 e. The highest BCUT2D eigenvalue weighted by Crippen LogP contribution is 2.17. The van der Waals surface area contributed by atoms with Gasteiger partial charge in [0.1, 0.15) is 4.60 Å². The van der Waals surface area contributed by atoms with Crippen molar-refractivity contribution < 1.29 is 0 Å². The maximum absolute atomic E-state index is 4.47. The van der Waals surface area contributed by atoms with Crippen molar-refractivity contribution in [3.05, 3.63) is 28.5 Å². The first-order valence-electron chi connectivity index (χ1n) is 5.58. The van der Waals surface area contributed by atoms with Gasteiger partial charge in [-0.15, -0.1) is 0 Å². The molecule has 0 aromatic carbocycles. The normalized spacial score (nSPS) is 22.9. The van der Waals surface area contributed by atoms with Crippen molar-refractivity contribution in [2.24, 2.45) is 5.92 Å². The highest BCUT2D eigenvalue weighted by atomic mass is 79.9. The molecule has 0 saturated carbocycles. The number of likely N-dealkylation sites (tertiary alicyclic amines) is 1. The molecule has 0 bridgehead atoms. The Kier molecular flexibility index (Phi) is 3.76. The summed E-state index contributed by atoms with van der Waals surface area (Å²) in [6.45, 7) is 5.76. The third kappa shape index (κ3) is 3.28. The Bertz CT molecular complexity index is 327. The van der Waals surface area contributed by atoms with Gasteiger partial charge in [0, 0.05) is 13.1 Å². The number of hydrogen-bond acceptors (Lipinski definition) is 2. The molecule has 1 saturated heterocycles. The van der Waals surface area contributed by atoms with Gasteiger partial charge >= 0.3 is 0 Å². The fraction of sp³-hybridized carbons (Fsp3) is 0.583. The molecule has 3 heteroatoms. The fourth-order valence-corrected chi connectivity index (χ4v) is 2.58. The van der Waals surface area contributed by atoms with E-state index in [4.69, 9.17) is 0 Å². The van der Waals surface area contributed by atoms with Gasteiger partial charge in [-0.1, -0.05) is 13.0 Å². The molecule has 1 aromatic heterocycles. The summed E-state index contributed by atoms with van der Waals surface area (Å²) in [4.78, 5) is 6.97. The van der Waals surface area contributed by atoms with Crippen molar-refractivity contribution >= 4 is 15.9 Å². The average Bonchev–Trinajstić information content (AvgIpc) is 2.17. The van der Waals surface area contributed by atoms with Crippen LogP contribution in [0.25, 0.3) is 0 Å². The van der Waals surface area contributed by atoms with Crippen molar-refractivity contribution in [3.8, 4) is 0 Å². The molecule has 0 amide bonds. The molecule has 1 unspecified atom stereocenters. The van der Waals surface area contributed by atoms with E-state index >= 15 is 0 Å². The predicted molar refractivity (Wildman–Crippen MR) is 65.6 cm³/mol. The van der Waals surface area contributed by atoms with E-state index in [1.165, 1.54) is 31.6 Å². The summed E-state index contributed by atoms with van der Waals surface area (Å²) in [5.74, 6) is 0.839. The zero-order valence-electron chi connectivity index (χ0n) is 9.12. The summed E-state index contributed by atoms with van der Waals surface area (Å²) in [5.41, 5.74) is 1.17. The Morgan fingerprint density at radius 3 is 3.13 bits per heavy atom. The van der Waals surface area contributed by atoms with Crippen LogP contribution in [-0.4, -0.2) is 23.0 Å². The molecule has 0 N–H and O–H groups in total. The van der Waals surface area contributed by atoms with Crippen LogP contribution in [0.1, 0.15) is 25.5 Å². The number of nitrogens with zero attached hydrogens (tertiary/aromatic N) is 2. The number of hydrogen-bond donors (Lipinski definition) is 0. The zero-order valence-corrected chi connectivity index (χ0v) is 10.7. The lowest BCUT2D eigenvalue weighted by Crippen LogP contribution is -2.33. The minimum absolute atomic E-state index is 0.839. The van der Waals surface area contributed by atoms with Crippen molar-refractivity contribution in [1.82, 2.24) is 9.88 Å². The van der Waals surface area contributed by atoms with Crippen molar-refractivity contribution in [3.63, 3.8) is 0 Å². The number of aromatic nitrogens is 1. The van der Waals surface area contributed by atoms with Crippen molar-refractivity contribution in [2.45, 2.75) is 26.3 Å². The minimum Gasteiger partial charge on any atom is -0.297 e. The standard InChI is InChI=1S/C12H17BrN2/c1-10-4-3-7-15(8-10)9-11-5-2-6-12(13)14-11/h2,5-6,10H,3-4,7-9H2,1H3. The Morgan fingerprint density at radius 1 is 1.53 bits per heavy atom. The summed E-state index contributed by atoms with van der Waals surface area (Å²) < 4.78 is 0.935. The van der Waals surface area contributed by atoms with Crippen LogP contribution >= 0.6 is 15.9 Å². The quantitative estimate of drug-likeness (QED) is 0.767. The minimum atomic E-state index is 0.839. The summed E-state index contributed by atoms with van der Waals surface area (Å²) in [7, 11) is 0. The topological polar surface area (TPSA) is 16.1 Å². The molecule has 1 aromatic rings. The molecule has 1 fully saturated rings. The Morgan fingerprint density at radius 2 is 2.40 bits per heavy atom. The van der Waals surface area contributed by atoms with Crippen LogP contribution in [0.3, 0.4) is 0 Å². The van der Waals surface area contributed by atoms with Crippen molar-refractivity contribution in [1.29, 1.82) is 0 Å². The second-order valence-electron chi connectivity index (χ2n) is 4.43. The largest absolute Gasteiger partial charge is 0.297 e. The maximum atomic E-state index is 4.47. The van der Waals surface area contributed by atoms with Crippen LogP contribution in [0.4, 0.5) is 0 Å². The number of pyridine rings is 1. The molecular formula is C12H17BrN2. The van der Waals surface area contributed by atoms with E-state index in [2.05, 4.69) is 44.9 Å². The van der Waals surface area contributed by atoms with E-state index in [1.54, 1.807) is 0 Å². The highest BCUT2D eigenvalue weighted by Gasteiger charge is 2.16. The molecule has 2 nitrogen and oxygen atoms in total. The Labute approximate surface area is 99.8 Å². The third-order valence-electron chi connectivity index (χ3n) is 2.90. The first kappa shape index (κ1) is 11.1. The van der Waals surface area contributed by atoms with E-state index in [0.29, 0.717) is 0 Å². The van der Waals surface area contributed by atoms with E-state index < -0.39 is 0 Å². The van der Waals surface area contributed by atoms with Gasteiger partial charge in [-0.25, -0.2) is 4.98 Å². The molecule has 2 rings (SSSR count). The number of halogens is 1. The molecule has 0 spiro atoms. The summed E-state index contributed by atoms with van der Waals surface area (Å²) in [6, 6.07) is 6.13. The molecule has 1 aliphatic rings. The van der Waals surface area contributed by atoms with Gasteiger partial charge < -0.3 is 0 Å². The van der Waals surface area contributed by atoms with E-state index in [-0.39, 0.29) is 0 Å². The van der Waals surface area contributed by atoms with Crippen LogP contribution in [0.15, 0.2) is 22.8 Å². The molecular weight excluding hydrogens is 252 g/mol. The SMILES string of the molecule is CC1CCCN(Cc2cccc(Br)n2)C1. The first-order valence-corrected chi connectivity index (χ1v) is 6.37. The lowest BCUT2D eigenvalue weighted by molar-refractivity contribution is 0.175. The van der Waals surface area contributed by atoms with Gasteiger partial charge in [0.05, 0.1) is 5.69 Å². The van der Waals surface area contributed by atoms with Crippen molar-refractivity contribution in [2.75, 3.05) is 13.1 Å². The van der Waals surface area contributed by atoms with Gasteiger partial charge in [-0.3, -0.25) is 4.90 Å². The van der Waals surface area contributed by atoms with Crippen LogP contribution in [-0.2, 0) is 6.54 Å². The molecule has 1 atom stereocenters. The van der Waals surface area contributed by atoms with Gasteiger partial charge in [0.2, 0.25) is 0 Å². The summed E-state index contributed by atoms with van der Waals surface area (Å²) in [6.07, 6.45) is 2.71. The second-order valence-corrected chi connectivity index (χ2v) is 5.25.